The molecule has 0 aliphatic carbocycles. The Morgan fingerprint density at radius 1 is 1.45 bits per heavy atom. The van der Waals surface area contributed by atoms with Crippen molar-refractivity contribution in [3.05, 3.63) is 33.9 Å². The van der Waals surface area contributed by atoms with Crippen LogP contribution in [0.5, 0.6) is 0 Å². The highest BCUT2D eigenvalue weighted by Gasteiger charge is 2.16. The van der Waals surface area contributed by atoms with E-state index < -0.39 is 16.9 Å². The van der Waals surface area contributed by atoms with Crippen LogP contribution in [0.3, 0.4) is 0 Å². The monoisotopic (exact) mass is 280 g/mol. The van der Waals surface area contributed by atoms with Crippen molar-refractivity contribution in [3.63, 3.8) is 0 Å². The van der Waals surface area contributed by atoms with Gasteiger partial charge in [-0.05, 0) is 19.1 Å². The molecule has 0 aliphatic rings. The van der Waals surface area contributed by atoms with Gasteiger partial charge in [0.15, 0.2) is 0 Å². The molecule has 0 radical (unpaired) electrons. The second-order valence-electron chi connectivity index (χ2n) is 3.46. The van der Waals surface area contributed by atoms with Crippen LogP contribution in [0.25, 0.3) is 0 Å². The first kappa shape index (κ1) is 15.3. The van der Waals surface area contributed by atoms with Crippen molar-refractivity contribution in [2.75, 3.05) is 13.7 Å². The van der Waals surface area contributed by atoms with E-state index in [1.165, 1.54) is 19.2 Å². The minimum absolute atomic E-state index is 0.0918. The van der Waals surface area contributed by atoms with E-state index in [2.05, 4.69) is 14.5 Å². The summed E-state index contributed by atoms with van der Waals surface area (Å²) in [6.45, 7) is 1.78. The number of nitro benzene ring substituents is 1. The number of ether oxygens (including phenoxy) is 2. The van der Waals surface area contributed by atoms with E-state index in [0.29, 0.717) is 0 Å². The first-order valence-corrected chi connectivity index (χ1v) is 5.57. The van der Waals surface area contributed by atoms with Gasteiger partial charge < -0.3 is 9.47 Å². The van der Waals surface area contributed by atoms with Crippen LogP contribution in [-0.2, 0) is 14.3 Å². The molecule has 1 aromatic rings. The zero-order valence-corrected chi connectivity index (χ0v) is 10.9. The molecule has 0 fully saturated rings. The molecule has 8 heteroatoms. The third-order valence-electron chi connectivity index (χ3n) is 2.19. The van der Waals surface area contributed by atoms with Gasteiger partial charge in [-0.25, -0.2) is 14.6 Å². The Balaban J connectivity index is 3.15. The lowest BCUT2D eigenvalue weighted by molar-refractivity contribution is -0.384. The van der Waals surface area contributed by atoms with E-state index in [4.69, 9.17) is 0 Å². The molecule has 0 bridgehead atoms. The number of rotatable bonds is 5. The third kappa shape index (κ3) is 3.87. The number of aliphatic imine (C=N–C) groups is 1. The molecule has 20 heavy (non-hydrogen) atoms. The number of benzene rings is 1. The lowest BCUT2D eigenvalue weighted by atomic mass is 10.2. The van der Waals surface area contributed by atoms with E-state index in [-0.39, 0.29) is 23.5 Å². The summed E-state index contributed by atoms with van der Waals surface area (Å²) in [7, 11) is 1.19. The summed E-state index contributed by atoms with van der Waals surface area (Å²) in [5, 5.41) is 10.8. The zero-order valence-electron chi connectivity index (χ0n) is 10.9. The summed E-state index contributed by atoms with van der Waals surface area (Å²) in [5.74, 6) is -1.39. The number of carbonyl (C=O) groups is 2. The van der Waals surface area contributed by atoms with E-state index >= 15 is 0 Å². The lowest BCUT2D eigenvalue weighted by Gasteiger charge is -2.01. The summed E-state index contributed by atoms with van der Waals surface area (Å²) in [4.78, 5) is 36.3. The normalized spacial score (nSPS) is 10.3. The van der Waals surface area contributed by atoms with E-state index in [9.17, 15) is 19.7 Å². The van der Waals surface area contributed by atoms with E-state index in [0.717, 1.165) is 12.3 Å². The maximum Gasteiger partial charge on any atom is 0.349 e. The molecule has 0 N–H and O–H groups in total. The van der Waals surface area contributed by atoms with E-state index in [1.807, 2.05) is 0 Å². The van der Waals surface area contributed by atoms with Crippen molar-refractivity contribution in [2.24, 2.45) is 4.99 Å². The summed E-state index contributed by atoms with van der Waals surface area (Å²) in [6.07, 6.45) is 0.812. The Kier molecular flexibility index (Phi) is 5.33. The summed E-state index contributed by atoms with van der Waals surface area (Å²) < 4.78 is 9.12. The molecular formula is C12H12N2O6. The fourth-order valence-corrected chi connectivity index (χ4v) is 1.33. The molecule has 1 rings (SSSR count). The molecule has 8 nitrogen and oxygen atoms in total. The van der Waals surface area contributed by atoms with Crippen molar-refractivity contribution >= 4 is 29.5 Å². The topological polar surface area (TPSA) is 108 Å². The molecule has 0 aromatic heterocycles. The average molecular weight is 280 g/mol. The van der Waals surface area contributed by atoms with Gasteiger partial charge in [-0.3, -0.25) is 10.1 Å². The number of methoxy groups -OCH3 is 1. The van der Waals surface area contributed by atoms with Crippen molar-refractivity contribution in [3.8, 4) is 0 Å². The van der Waals surface area contributed by atoms with Gasteiger partial charge in [-0.2, -0.15) is 0 Å². The van der Waals surface area contributed by atoms with Gasteiger partial charge in [0.25, 0.3) is 5.69 Å². The summed E-state index contributed by atoms with van der Waals surface area (Å²) >= 11 is 0. The number of hydrogen-bond donors (Lipinski definition) is 0. The molecule has 0 unspecified atom stereocenters. The molecule has 0 spiro atoms. The SMILES string of the molecule is CCOC(=O)C=Nc1cc(C(=O)OC)ccc1[N+](=O)[O-]. The van der Waals surface area contributed by atoms with Crippen LogP contribution in [-0.4, -0.2) is 36.8 Å². The van der Waals surface area contributed by atoms with Gasteiger partial charge in [0, 0.05) is 6.07 Å². The molecule has 0 atom stereocenters. The van der Waals surface area contributed by atoms with Crippen LogP contribution in [0, 0.1) is 10.1 Å². The van der Waals surface area contributed by atoms with Gasteiger partial charge in [-0.15, -0.1) is 0 Å². The standard InChI is InChI=1S/C12H12N2O6/c1-3-20-11(15)7-13-9-6-8(12(16)19-2)4-5-10(9)14(17)18/h4-7H,3H2,1-2H3. The van der Waals surface area contributed by atoms with Crippen LogP contribution in [0.4, 0.5) is 11.4 Å². The van der Waals surface area contributed by atoms with Crippen molar-refractivity contribution < 1.29 is 24.0 Å². The maximum atomic E-state index is 11.4. The highest BCUT2D eigenvalue weighted by atomic mass is 16.6. The summed E-state index contributed by atoms with van der Waals surface area (Å²) in [5.41, 5.74) is -0.377. The van der Waals surface area contributed by atoms with Crippen LogP contribution in [0.2, 0.25) is 0 Å². The minimum atomic E-state index is -0.731. The Morgan fingerprint density at radius 2 is 2.15 bits per heavy atom. The van der Waals surface area contributed by atoms with E-state index in [1.54, 1.807) is 6.92 Å². The fraction of sp³-hybridized carbons (Fsp3) is 0.250. The van der Waals surface area contributed by atoms with Crippen LogP contribution in [0.15, 0.2) is 23.2 Å². The number of nitrogens with zero attached hydrogens (tertiary/aromatic N) is 2. The van der Waals surface area contributed by atoms with Gasteiger partial charge >= 0.3 is 11.9 Å². The molecule has 1 aromatic carbocycles. The minimum Gasteiger partial charge on any atom is -0.465 e. The van der Waals surface area contributed by atoms with Crippen molar-refractivity contribution in [2.45, 2.75) is 6.92 Å². The van der Waals surface area contributed by atoms with Gasteiger partial charge in [0.2, 0.25) is 0 Å². The smallest absolute Gasteiger partial charge is 0.349 e. The number of carbonyl (C=O) groups excluding carboxylic acids is 2. The molecule has 0 aliphatic heterocycles. The molecule has 0 heterocycles. The maximum absolute atomic E-state index is 11.4. The highest BCUT2D eigenvalue weighted by Crippen LogP contribution is 2.28. The Bertz CT molecular complexity index is 567. The quantitative estimate of drug-likeness (QED) is 0.351. The largest absolute Gasteiger partial charge is 0.465 e. The summed E-state index contributed by atoms with van der Waals surface area (Å²) in [6, 6.07) is 3.52. The van der Waals surface area contributed by atoms with Gasteiger partial charge in [0.1, 0.15) is 11.9 Å². The molecule has 0 saturated carbocycles. The first-order chi connectivity index (χ1) is 9.49. The Hall–Kier alpha value is -2.77. The Morgan fingerprint density at radius 3 is 2.70 bits per heavy atom. The lowest BCUT2D eigenvalue weighted by Crippen LogP contribution is -2.05. The molecule has 106 valence electrons. The zero-order chi connectivity index (χ0) is 15.1. The fourth-order valence-electron chi connectivity index (χ4n) is 1.33. The van der Waals surface area contributed by atoms with Crippen LogP contribution < -0.4 is 0 Å². The second kappa shape index (κ2) is 6.98. The second-order valence-corrected chi connectivity index (χ2v) is 3.46. The highest BCUT2D eigenvalue weighted by molar-refractivity contribution is 6.23. The molecule has 0 saturated heterocycles. The number of esters is 2. The molecule has 0 amide bonds. The average Bonchev–Trinajstić information content (AvgIpc) is 2.44. The number of nitro groups is 1. The van der Waals surface area contributed by atoms with Crippen molar-refractivity contribution in [1.82, 2.24) is 0 Å². The predicted octanol–water partition coefficient (Wildman–Crippen LogP) is 1.65. The third-order valence-corrected chi connectivity index (χ3v) is 2.19. The first-order valence-electron chi connectivity index (χ1n) is 5.57. The van der Waals surface area contributed by atoms with Crippen LogP contribution >= 0.6 is 0 Å². The molecular weight excluding hydrogens is 268 g/mol. The van der Waals surface area contributed by atoms with Crippen molar-refractivity contribution in [1.29, 1.82) is 0 Å². The van der Waals surface area contributed by atoms with Gasteiger partial charge in [0.05, 0.1) is 24.2 Å². The number of hydrogen-bond acceptors (Lipinski definition) is 7. The van der Waals surface area contributed by atoms with Gasteiger partial charge in [-0.1, -0.05) is 0 Å². The Labute approximate surface area is 114 Å². The van der Waals surface area contributed by atoms with Crippen LogP contribution in [0.1, 0.15) is 17.3 Å². The predicted molar refractivity (Wildman–Crippen MR) is 69.2 cm³/mol.